The summed E-state index contributed by atoms with van der Waals surface area (Å²) in [5.41, 5.74) is 1.06. The lowest BCUT2D eigenvalue weighted by molar-refractivity contribution is 0.102. The van der Waals surface area contributed by atoms with Gasteiger partial charge in [0.25, 0.3) is 5.91 Å². The summed E-state index contributed by atoms with van der Waals surface area (Å²) in [5, 5.41) is 12.3. The number of benzene rings is 1. The number of anilines is 1. The molecular weight excluding hydrogens is 372 g/mol. The number of aromatic nitrogens is 2. The Bertz CT molecular complexity index is 945. The number of nitrogens with zero attached hydrogens (tertiary/aromatic N) is 3. The molecule has 0 unspecified atom stereocenters. The van der Waals surface area contributed by atoms with Crippen LogP contribution in [-0.2, 0) is 10.0 Å². The Kier molecular flexibility index (Phi) is 4.54. The summed E-state index contributed by atoms with van der Waals surface area (Å²) >= 11 is 1.38. The van der Waals surface area contributed by atoms with E-state index in [1.807, 2.05) is 0 Å². The molecule has 1 amide bonds. The number of amides is 1. The SMILES string of the molecule is Cc1ccc(S(=O)(=O)N2CCCC2)cc1C(=O)Nc1nnc(C2CC2)s1. The van der Waals surface area contributed by atoms with Crippen molar-refractivity contribution in [3.05, 3.63) is 34.3 Å². The van der Waals surface area contributed by atoms with Crippen molar-refractivity contribution >= 4 is 32.4 Å². The third-order valence-electron chi connectivity index (χ3n) is 4.74. The molecule has 1 aliphatic heterocycles. The lowest BCUT2D eigenvalue weighted by Gasteiger charge is -2.16. The molecule has 0 radical (unpaired) electrons. The average Bonchev–Trinajstić information content (AvgIpc) is 3.10. The Morgan fingerprint density at radius 2 is 1.96 bits per heavy atom. The summed E-state index contributed by atoms with van der Waals surface area (Å²) in [4.78, 5) is 12.8. The fraction of sp³-hybridized carbons (Fsp3) is 0.471. The summed E-state index contributed by atoms with van der Waals surface area (Å²) < 4.78 is 27.0. The van der Waals surface area contributed by atoms with E-state index in [1.165, 1.54) is 21.7 Å². The molecule has 0 atom stereocenters. The van der Waals surface area contributed by atoms with Crippen molar-refractivity contribution in [2.75, 3.05) is 18.4 Å². The summed E-state index contributed by atoms with van der Waals surface area (Å²) in [6.07, 6.45) is 3.99. The molecule has 0 bridgehead atoms. The highest BCUT2D eigenvalue weighted by Gasteiger charge is 2.29. The first kappa shape index (κ1) is 17.6. The fourth-order valence-electron chi connectivity index (χ4n) is 3.03. The standard InChI is InChI=1S/C17H20N4O3S2/c1-11-4-7-13(26(23,24)21-8-2-3-9-21)10-14(11)15(22)18-17-20-19-16(25-17)12-5-6-12/h4,7,10,12H,2-3,5-6,8-9H2,1H3,(H,18,20,22). The topological polar surface area (TPSA) is 92.3 Å². The van der Waals surface area contributed by atoms with Gasteiger partial charge >= 0.3 is 0 Å². The first-order valence-electron chi connectivity index (χ1n) is 8.71. The number of rotatable bonds is 5. The Morgan fingerprint density at radius 3 is 2.65 bits per heavy atom. The van der Waals surface area contributed by atoms with Crippen LogP contribution in [0.2, 0.25) is 0 Å². The van der Waals surface area contributed by atoms with Crippen molar-refractivity contribution in [1.29, 1.82) is 0 Å². The average molecular weight is 393 g/mol. The van der Waals surface area contributed by atoms with Gasteiger partial charge in [0.2, 0.25) is 15.2 Å². The molecule has 1 aromatic heterocycles. The smallest absolute Gasteiger partial charge is 0.257 e. The number of hydrogen-bond donors (Lipinski definition) is 1. The van der Waals surface area contributed by atoms with Crippen LogP contribution < -0.4 is 5.32 Å². The molecule has 1 aromatic carbocycles. The van der Waals surface area contributed by atoms with E-state index in [0.717, 1.165) is 36.3 Å². The van der Waals surface area contributed by atoms with Crippen LogP contribution in [0.4, 0.5) is 5.13 Å². The van der Waals surface area contributed by atoms with E-state index in [2.05, 4.69) is 15.5 Å². The minimum absolute atomic E-state index is 0.158. The van der Waals surface area contributed by atoms with Gasteiger partial charge in [-0.25, -0.2) is 8.42 Å². The second-order valence-corrected chi connectivity index (χ2v) is 9.71. The lowest BCUT2D eigenvalue weighted by Crippen LogP contribution is -2.28. The van der Waals surface area contributed by atoms with Gasteiger partial charge in [-0.15, -0.1) is 10.2 Å². The van der Waals surface area contributed by atoms with Crippen molar-refractivity contribution in [1.82, 2.24) is 14.5 Å². The normalized spacial score (nSPS) is 18.2. The van der Waals surface area contributed by atoms with Crippen molar-refractivity contribution in [2.45, 2.75) is 43.4 Å². The maximum absolute atomic E-state index is 12.7. The first-order chi connectivity index (χ1) is 12.4. The molecule has 7 nitrogen and oxygen atoms in total. The van der Waals surface area contributed by atoms with Gasteiger partial charge in [0.15, 0.2) is 0 Å². The van der Waals surface area contributed by atoms with Gasteiger partial charge < -0.3 is 0 Å². The van der Waals surface area contributed by atoms with E-state index in [-0.39, 0.29) is 10.8 Å². The molecule has 1 saturated heterocycles. The van der Waals surface area contributed by atoms with E-state index in [4.69, 9.17) is 0 Å². The van der Waals surface area contributed by atoms with Gasteiger partial charge in [0.1, 0.15) is 5.01 Å². The molecular formula is C17H20N4O3S2. The molecule has 2 aromatic rings. The second kappa shape index (κ2) is 6.71. The monoisotopic (exact) mass is 392 g/mol. The lowest BCUT2D eigenvalue weighted by atomic mass is 10.1. The summed E-state index contributed by atoms with van der Waals surface area (Å²) in [5.74, 6) is 0.119. The number of carbonyl (C=O) groups is 1. The Balaban J connectivity index is 1.57. The fourth-order valence-corrected chi connectivity index (χ4v) is 5.48. The Labute approximate surface area is 156 Å². The predicted molar refractivity (Wildman–Crippen MR) is 99.0 cm³/mol. The van der Waals surface area contributed by atoms with Crippen LogP contribution in [0, 0.1) is 6.92 Å². The van der Waals surface area contributed by atoms with Gasteiger partial charge in [0, 0.05) is 24.6 Å². The molecule has 1 N–H and O–H groups in total. The zero-order valence-electron chi connectivity index (χ0n) is 14.4. The molecule has 26 heavy (non-hydrogen) atoms. The van der Waals surface area contributed by atoms with Crippen LogP contribution in [-0.4, -0.2) is 41.9 Å². The number of carbonyl (C=O) groups excluding carboxylic acids is 1. The van der Waals surface area contributed by atoms with Crippen LogP contribution in [0.1, 0.15) is 52.5 Å². The molecule has 2 fully saturated rings. The molecule has 1 saturated carbocycles. The highest BCUT2D eigenvalue weighted by molar-refractivity contribution is 7.89. The van der Waals surface area contributed by atoms with E-state index >= 15 is 0 Å². The number of aryl methyl sites for hydroxylation is 1. The van der Waals surface area contributed by atoms with Gasteiger partial charge in [-0.1, -0.05) is 17.4 Å². The summed E-state index contributed by atoms with van der Waals surface area (Å²) in [6, 6.07) is 4.70. The second-order valence-electron chi connectivity index (χ2n) is 6.76. The number of nitrogens with one attached hydrogen (secondary N) is 1. The molecule has 9 heteroatoms. The van der Waals surface area contributed by atoms with E-state index in [0.29, 0.717) is 29.7 Å². The highest BCUT2D eigenvalue weighted by Crippen LogP contribution is 2.42. The number of sulfonamides is 1. The van der Waals surface area contributed by atoms with Crippen LogP contribution >= 0.6 is 11.3 Å². The van der Waals surface area contributed by atoms with E-state index < -0.39 is 10.0 Å². The van der Waals surface area contributed by atoms with Crippen molar-refractivity contribution in [3.63, 3.8) is 0 Å². The first-order valence-corrected chi connectivity index (χ1v) is 11.0. The van der Waals surface area contributed by atoms with Crippen LogP contribution in [0.5, 0.6) is 0 Å². The minimum Gasteiger partial charge on any atom is -0.296 e. The zero-order chi connectivity index (χ0) is 18.3. The van der Waals surface area contributed by atoms with Gasteiger partial charge in [-0.05, 0) is 50.3 Å². The third kappa shape index (κ3) is 3.38. The maximum Gasteiger partial charge on any atom is 0.257 e. The number of hydrogen-bond acceptors (Lipinski definition) is 6. The van der Waals surface area contributed by atoms with Gasteiger partial charge in [-0.2, -0.15) is 4.31 Å². The van der Waals surface area contributed by atoms with E-state index in [1.54, 1.807) is 19.1 Å². The van der Waals surface area contributed by atoms with Crippen LogP contribution in [0.3, 0.4) is 0 Å². The Morgan fingerprint density at radius 1 is 1.23 bits per heavy atom. The van der Waals surface area contributed by atoms with E-state index in [9.17, 15) is 13.2 Å². The largest absolute Gasteiger partial charge is 0.296 e. The van der Waals surface area contributed by atoms with Gasteiger partial charge in [0.05, 0.1) is 4.90 Å². The molecule has 138 valence electrons. The molecule has 2 heterocycles. The molecule has 2 aliphatic rings. The van der Waals surface area contributed by atoms with Crippen molar-refractivity contribution in [2.24, 2.45) is 0 Å². The molecule has 4 rings (SSSR count). The minimum atomic E-state index is -3.56. The highest BCUT2D eigenvalue weighted by atomic mass is 32.2. The van der Waals surface area contributed by atoms with Crippen molar-refractivity contribution < 1.29 is 13.2 Å². The van der Waals surface area contributed by atoms with Crippen LogP contribution in [0.25, 0.3) is 0 Å². The third-order valence-corrected chi connectivity index (χ3v) is 7.64. The Hall–Kier alpha value is -1.84. The summed E-state index contributed by atoms with van der Waals surface area (Å²) in [7, 11) is -3.56. The van der Waals surface area contributed by atoms with Crippen LogP contribution in [0.15, 0.2) is 23.1 Å². The zero-order valence-corrected chi connectivity index (χ0v) is 16.1. The summed E-state index contributed by atoms with van der Waals surface area (Å²) in [6.45, 7) is 2.86. The molecule has 1 aliphatic carbocycles. The quantitative estimate of drug-likeness (QED) is 0.845. The van der Waals surface area contributed by atoms with Gasteiger partial charge in [-0.3, -0.25) is 10.1 Å². The molecule has 0 spiro atoms. The maximum atomic E-state index is 12.7. The van der Waals surface area contributed by atoms with Crippen molar-refractivity contribution in [3.8, 4) is 0 Å². The predicted octanol–water partition coefficient (Wildman–Crippen LogP) is 2.76.